The van der Waals surface area contributed by atoms with E-state index in [9.17, 15) is 4.79 Å². The van der Waals surface area contributed by atoms with Gasteiger partial charge < -0.3 is 10.0 Å². The van der Waals surface area contributed by atoms with Crippen molar-refractivity contribution in [2.45, 2.75) is 6.92 Å². The first-order valence-electron chi connectivity index (χ1n) is 2.91. The molecule has 0 aliphatic carbocycles. The van der Waals surface area contributed by atoms with Gasteiger partial charge in [-0.25, -0.2) is 0 Å². The summed E-state index contributed by atoms with van der Waals surface area (Å²) in [6, 6.07) is 0. The van der Waals surface area contributed by atoms with Gasteiger partial charge in [0.2, 0.25) is 0 Å². The summed E-state index contributed by atoms with van der Waals surface area (Å²) in [6.07, 6.45) is 0. The number of nitrogens with zero attached hydrogens (tertiary/aromatic N) is 1. The topological polar surface area (TPSA) is 40.5 Å². The molecule has 0 spiro atoms. The van der Waals surface area contributed by atoms with Gasteiger partial charge in [0.25, 0.3) is 0 Å². The van der Waals surface area contributed by atoms with Crippen molar-refractivity contribution in [3.8, 4) is 0 Å². The minimum atomic E-state index is -0.733. The molecule has 3 heteroatoms. The van der Waals surface area contributed by atoms with Gasteiger partial charge in [0.05, 0.1) is 5.92 Å². The quantitative estimate of drug-likeness (QED) is 0.597. The fourth-order valence-corrected chi connectivity index (χ4v) is 0.626. The summed E-state index contributed by atoms with van der Waals surface area (Å²) in [4.78, 5) is 12.1. The van der Waals surface area contributed by atoms with Crippen molar-refractivity contribution in [2.24, 2.45) is 5.92 Å². The number of hydrogen-bond acceptors (Lipinski definition) is 2. The maximum absolute atomic E-state index is 10.2. The largest absolute Gasteiger partial charge is 0.481 e. The number of hydrogen-bond donors (Lipinski definition) is 1. The molecule has 0 aliphatic heterocycles. The number of carboxylic acid groups (broad SMARTS) is 1. The molecule has 54 valence electrons. The maximum atomic E-state index is 10.2. The van der Waals surface area contributed by atoms with Crippen molar-refractivity contribution in [3.05, 3.63) is 0 Å². The monoisotopic (exact) mass is 131 g/mol. The third kappa shape index (κ3) is 3.97. The second-order valence-electron chi connectivity index (χ2n) is 2.50. The molecule has 0 heterocycles. The van der Waals surface area contributed by atoms with Crippen molar-refractivity contribution < 1.29 is 9.90 Å². The molecule has 0 unspecified atom stereocenters. The Kier molecular flexibility index (Phi) is 3.24. The molecule has 0 rings (SSSR count). The number of rotatable bonds is 3. The van der Waals surface area contributed by atoms with Crippen LogP contribution in [0.15, 0.2) is 0 Å². The average molecular weight is 131 g/mol. The van der Waals surface area contributed by atoms with Gasteiger partial charge in [0.1, 0.15) is 0 Å². The summed E-state index contributed by atoms with van der Waals surface area (Å²) in [6.45, 7) is 2.30. The van der Waals surface area contributed by atoms with Crippen LogP contribution in [0.25, 0.3) is 0 Å². The molecule has 1 atom stereocenters. The van der Waals surface area contributed by atoms with E-state index in [2.05, 4.69) is 0 Å². The lowest BCUT2D eigenvalue weighted by Crippen LogP contribution is -2.25. The van der Waals surface area contributed by atoms with Crippen LogP contribution in [-0.4, -0.2) is 36.6 Å². The molecular formula is C6H13NO2. The first-order valence-corrected chi connectivity index (χ1v) is 2.91. The van der Waals surface area contributed by atoms with E-state index in [1.807, 2.05) is 19.0 Å². The summed E-state index contributed by atoms with van der Waals surface area (Å²) >= 11 is 0. The fourth-order valence-electron chi connectivity index (χ4n) is 0.626. The van der Waals surface area contributed by atoms with Crippen LogP contribution in [0, 0.1) is 5.92 Å². The lowest BCUT2D eigenvalue weighted by Gasteiger charge is -2.11. The van der Waals surface area contributed by atoms with E-state index in [0.29, 0.717) is 6.54 Å². The van der Waals surface area contributed by atoms with Crippen LogP contribution in [0.2, 0.25) is 0 Å². The third-order valence-corrected chi connectivity index (χ3v) is 1.06. The molecule has 0 aromatic heterocycles. The third-order valence-electron chi connectivity index (χ3n) is 1.06. The zero-order valence-corrected chi connectivity index (χ0v) is 6.09. The first-order chi connectivity index (χ1) is 4.04. The minimum Gasteiger partial charge on any atom is -0.481 e. The molecule has 0 fully saturated rings. The van der Waals surface area contributed by atoms with Crippen LogP contribution in [0.1, 0.15) is 6.92 Å². The van der Waals surface area contributed by atoms with E-state index in [1.54, 1.807) is 6.92 Å². The van der Waals surface area contributed by atoms with Crippen LogP contribution in [0.3, 0.4) is 0 Å². The first kappa shape index (κ1) is 8.43. The van der Waals surface area contributed by atoms with Gasteiger partial charge in [-0.1, -0.05) is 6.92 Å². The molecule has 0 saturated carbocycles. The van der Waals surface area contributed by atoms with Gasteiger partial charge in [0, 0.05) is 6.54 Å². The Balaban J connectivity index is 3.50. The van der Waals surface area contributed by atoms with Gasteiger partial charge in [0.15, 0.2) is 0 Å². The molecule has 0 aromatic rings. The summed E-state index contributed by atoms with van der Waals surface area (Å²) in [5.74, 6) is -0.997. The smallest absolute Gasteiger partial charge is 0.307 e. The highest BCUT2D eigenvalue weighted by atomic mass is 16.4. The van der Waals surface area contributed by atoms with E-state index in [4.69, 9.17) is 5.11 Å². The minimum absolute atomic E-state index is 0.264. The molecule has 9 heavy (non-hydrogen) atoms. The molecule has 1 N–H and O–H groups in total. The van der Waals surface area contributed by atoms with E-state index < -0.39 is 5.97 Å². The SMILES string of the molecule is C[C@H](CN(C)C)C(=O)O. The van der Waals surface area contributed by atoms with E-state index >= 15 is 0 Å². The van der Waals surface area contributed by atoms with Crippen molar-refractivity contribution >= 4 is 5.97 Å². The van der Waals surface area contributed by atoms with E-state index in [1.165, 1.54) is 0 Å². The predicted molar refractivity (Wildman–Crippen MR) is 35.4 cm³/mol. The fraction of sp³-hybridized carbons (Fsp3) is 0.833. The Morgan fingerprint density at radius 2 is 2.11 bits per heavy atom. The Morgan fingerprint density at radius 1 is 1.67 bits per heavy atom. The lowest BCUT2D eigenvalue weighted by atomic mass is 10.2. The predicted octanol–water partition coefficient (Wildman–Crippen LogP) is 0.269. The van der Waals surface area contributed by atoms with Crippen LogP contribution >= 0.6 is 0 Å². The second kappa shape index (κ2) is 3.45. The molecular weight excluding hydrogens is 118 g/mol. The standard InChI is InChI=1S/C6H13NO2/c1-5(6(8)9)4-7(2)3/h5H,4H2,1-3H3,(H,8,9)/t5-/m1/s1. The van der Waals surface area contributed by atoms with Crippen LogP contribution in [-0.2, 0) is 4.79 Å². The highest BCUT2D eigenvalue weighted by Gasteiger charge is 2.10. The zero-order valence-electron chi connectivity index (χ0n) is 6.09. The second-order valence-corrected chi connectivity index (χ2v) is 2.50. The van der Waals surface area contributed by atoms with E-state index in [0.717, 1.165) is 0 Å². The molecule has 0 aromatic carbocycles. The maximum Gasteiger partial charge on any atom is 0.307 e. The number of carboxylic acids is 1. The molecule has 0 radical (unpaired) electrons. The van der Waals surface area contributed by atoms with E-state index in [-0.39, 0.29) is 5.92 Å². The Labute approximate surface area is 55.3 Å². The molecule has 0 aliphatic rings. The van der Waals surface area contributed by atoms with Gasteiger partial charge in [-0.05, 0) is 14.1 Å². The summed E-state index contributed by atoms with van der Waals surface area (Å²) < 4.78 is 0. The lowest BCUT2D eigenvalue weighted by molar-refractivity contribution is -0.141. The molecule has 0 bridgehead atoms. The Bertz CT molecular complexity index is 101. The van der Waals surface area contributed by atoms with Crippen molar-refractivity contribution in [3.63, 3.8) is 0 Å². The Morgan fingerprint density at radius 3 is 2.22 bits per heavy atom. The normalized spacial score (nSPS) is 13.8. The summed E-state index contributed by atoms with van der Waals surface area (Å²) in [5, 5.41) is 8.40. The highest BCUT2D eigenvalue weighted by molar-refractivity contribution is 5.69. The molecule has 0 amide bonds. The zero-order chi connectivity index (χ0) is 7.44. The van der Waals surface area contributed by atoms with Crippen LogP contribution in [0.4, 0.5) is 0 Å². The number of aliphatic carboxylic acids is 1. The van der Waals surface area contributed by atoms with Crippen molar-refractivity contribution in [1.82, 2.24) is 4.90 Å². The number of carbonyl (C=O) groups is 1. The van der Waals surface area contributed by atoms with Crippen molar-refractivity contribution in [1.29, 1.82) is 0 Å². The van der Waals surface area contributed by atoms with Crippen molar-refractivity contribution in [2.75, 3.05) is 20.6 Å². The highest BCUT2D eigenvalue weighted by Crippen LogP contribution is 1.94. The van der Waals surface area contributed by atoms with Gasteiger partial charge in [-0.15, -0.1) is 0 Å². The van der Waals surface area contributed by atoms with Crippen LogP contribution < -0.4 is 0 Å². The molecule has 3 nitrogen and oxygen atoms in total. The Hall–Kier alpha value is -0.570. The molecule has 0 saturated heterocycles. The summed E-state index contributed by atoms with van der Waals surface area (Å²) in [7, 11) is 3.72. The van der Waals surface area contributed by atoms with Gasteiger partial charge >= 0.3 is 5.97 Å². The van der Waals surface area contributed by atoms with Crippen LogP contribution in [0.5, 0.6) is 0 Å². The van der Waals surface area contributed by atoms with Gasteiger partial charge in [-0.2, -0.15) is 0 Å². The summed E-state index contributed by atoms with van der Waals surface area (Å²) in [5.41, 5.74) is 0. The average Bonchev–Trinajstić information content (AvgIpc) is 1.63. The van der Waals surface area contributed by atoms with Gasteiger partial charge in [-0.3, -0.25) is 4.79 Å².